The summed E-state index contributed by atoms with van der Waals surface area (Å²) in [6.45, 7) is 4.31. The maximum absolute atomic E-state index is 12.8. The summed E-state index contributed by atoms with van der Waals surface area (Å²) in [4.78, 5) is 14.9. The van der Waals surface area contributed by atoms with Crippen molar-refractivity contribution in [3.05, 3.63) is 72.2 Å². The highest BCUT2D eigenvalue weighted by Crippen LogP contribution is 2.46. The third-order valence-electron chi connectivity index (χ3n) is 5.44. The molecule has 0 bridgehead atoms. The van der Waals surface area contributed by atoms with E-state index >= 15 is 0 Å². The Morgan fingerprint density at radius 2 is 1.83 bits per heavy atom. The second-order valence-electron chi connectivity index (χ2n) is 7.64. The zero-order valence-corrected chi connectivity index (χ0v) is 18.3. The molecule has 0 radical (unpaired) electrons. The fraction of sp³-hybridized carbons (Fsp3) is 0.261. The lowest BCUT2D eigenvalue weighted by Gasteiger charge is -2.23. The van der Waals surface area contributed by atoms with Crippen LogP contribution in [0.3, 0.4) is 0 Å². The molecule has 0 saturated heterocycles. The number of para-hydroxylation sites is 3. The van der Waals surface area contributed by atoms with Crippen molar-refractivity contribution < 1.29 is 9.53 Å². The minimum absolute atomic E-state index is 0.0392. The van der Waals surface area contributed by atoms with E-state index in [9.17, 15) is 4.79 Å². The molecule has 1 aliphatic rings. The molecule has 2 aromatic carbocycles. The summed E-state index contributed by atoms with van der Waals surface area (Å²) in [5.41, 5.74) is 3.99. The van der Waals surface area contributed by atoms with Crippen LogP contribution in [0, 0.1) is 0 Å². The fourth-order valence-electron chi connectivity index (χ4n) is 3.91. The summed E-state index contributed by atoms with van der Waals surface area (Å²) in [5.74, 6) is 1.04. The van der Waals surface area contributed by atoms with Crippen molar-refractivity contribution in [3.63, 3.8) is 0 Å². The molecule has 0 spiro atoms. The summed E-state index contributed by atoms with van der Waals surface area (Å²) < 4.78 is 7.27. The van der Waals surface area contributed by atoms with Crippen LogP contribution in [-0.4, -0.2) is 40.5 Å². The summed E-state index contributed by atoms with van der Waals surface area (Å²) >= 11 is 1.37. The molecule has 6 nitrogen and oxygen atoms in total. The topological polar surface area (TPSA) is 60.2 Å². The van der Waals surface area contributed by atoms with Gasteiger partial charge in [0.1, 0.15) is 12.1 Å². The van der Waals surface area contributed by atoms with Gasteiger partial charge in [-0.3, -0.25) is 9.36 Å². The maximum atomic E-state index is 12.8. The SMILES string of the molecule is COc1ccccc1-n1cnnc1SCC(=O)C=C1N(C)c2ccccc2C1(C)C. The highest BCUT2D eigenvalue weighted by atomic mass is 32.2. The van der Waals surface area contributed by atoms with E-state index in [1.165, 1.54) is 17.3 Å². The molecule has 2 heterocycles. The molecule has 154 valence electrons. The average molecular weight is 421 g/mol. The smallest absolute Gasteiger partial charge is 0.196 e. The molecule has 0 amide bonds. The van der Waals surface area contributed by atoms with E-state index in [4.69, 9.17) is 4.74 Å². The number of hydrogen-bond donors (Lipinski definition) is 0. The molecular weight excluding hydrogens is 396 g/mol. The third-order valence-corrected chi connectivity index (χ3v) is 6.41. The predicted molar refractivity (Wildman–Crippen MR) is 120 cm³/mol. The van der Waals surface area contributed by atoms with Gasteiger partial charge in [0, 0.05) is 29.9 Å². The van der Waals surface area contributed by atoms with Crippen molar-refractivity contribution in [2.75, 3.05) is 24.8 Å². The van der Waals surface area contributed by atoms with E-state index < -0.39 is 0 Å². The van der Waals surface area contributed by atoms with Crippen molar-refractivity contribution in [2.24, 2.45) is 0 Å². The molecule has 7 heteroatoms. The number of methoxy groups -OCH3 is 1. The van der Waals surface area contributed by atoms with E-state index in [2.05, 4.69) is 41.1 Å². The zero-order chi connectivity index (χ0) is 21.3. The molecule has 0 fully saturated rings. The maximum Gasteiger partial charge on any atom is 0.196 e. The van der Waals surface area contributed by atoms with Crippen LogP contribution < -0.4 is 9.64 Å². The molecular formula is C23H24N4O2S. The first kappa shape index (κ1) is 20.2. The van der Waals surface area contributed by atoms with Crippen LogP contribution in [0.15, 0.2) is 71.8 Å². The highest BCUT2D eigenvalue weighted by molar-refractivity contribution is 7.99. The zero-order valence-electron chi connectivity index (χ0n) is 17.5. The van der Waals surface area contributed by atoms with Gasteiger partial charge in [0.15, 0.2) is 10.9 Å². The first-order chi connectivity index (χ1) is 14.4. The molecule has 4 rings (SSSR count). The van der Waals surface area contributed by atoms with E-state index in [1.807, 2.05) is 48.0 Å². The Bertz CT molecular complexity index is 1120. The number of allylic oxidation sites excluding steroid dienone is 2. The molecule has 0 saturated carbocycles. The van der Waals surface area contributed by atoms with Gasteiger partial charge in [-0.2, -0.15) is 0 Å². The van der Waals surface area contributed by atoms with E-state index in [-0.39, 0.29) is 17.0 Å². The number of nitrogens with zero attached hydrogens (tertiary/aromatic N) is 4. The number of thioether (sulfide) groups is 1. The van der Waals surface area contributed by atoms with Crippen LogP contribution in [0.2, 0.25) is 0 Å². The van der Waals surface area contributed by atoms with Crippen molar-refractivity contribution in [2.45, 2.75) is 24.4 Å². The summed E-state index contributed by atoms with van der Waals surface area (Å²) in [6, 6.07) is 15.9. The van der Waals surface area contributed by atoms with Crippen molar-refractivity contribution in [3.8, 4) is 11.4 Å². The highest BCUT2D eigenvalue weighted by Gasteiger charge is 2.38. The number of rotatable bonds is 6. The number of carbonyl (C=O) groups is 1. The first-order valence-corrected chi connectivity index (χ1v) is 10.7. The lowest BCUT2D eigenvalue weighted by molar-refractivity contribution is -0.112. The van der Waals surface area contributed by atoms with Gasteiger partial charge in [0.2, 0.25) is 0 Å². The standard InChI is InChI=1S/C23H24N4O2S/c1-23(2)17-9-5-6-10-18(17)26(3)21(23)13-16(28)14-30-22-25-24-15-27(22)19-11-7-8-12-20(19)29-4/h5-13,15H,14H2,1-4H3. The van der Waals surface area contributed by atoms with Crippen LogP contribution in [-0.2, 0) is 10.2 Å². The Hall–Kier alpha value is -3.06. The fourth-order valence-corrected chi connectivity index (χ4v) is 4.65. The lowest BCUT2D eigenvalue weighted by atomic mass is 9.83. The van der Waals surface area contributed by atoms with Gasteiger partial charge in [-0.25, -0.2) is 0 Å². The molecule has 30 heavy (non-hydrogen) atoms. The molecule has 1 aromatic heterocycles. The van der Waals surface area contributed by atoms with E-state index in [0.29, 0.717) is 5.16 Å². The van der Waals surface area contributed by atoms with Crippen LogP contribution >= 0.6 is 11.8 Å². The Balaban J connectivity index is 1.53. The second-order valence-corrected chi connectivity index (χ2v) is 8.58. The van der Waals surface area contributed by atoms with Gasteiger partial charge in [0.25, 0.3) is 0 Å². The Morgan fingerprint density at radius 1 is 1.13 bits per heavy atom. The summed E-state index contributed by atoms with van der Waals surface area (Å²) in [7, 11) is 3.64. The van der Waals surface area contributed by atoms with Crippen molar-refractivity contribution in [1.29, 1.82) is 0 Å². The summed E-state index contributed by atoms with van der Waals surface area (Å²) in [5, 5.41) is 8.85. The van der Waals surface area contributed by atoms with Gasteiger partial charge in [0.05, 0.1) is 18.6 Å². The third kappa shape index (κ3) is 3.50. The monoisotopic (exact) mass is 420 g/mol. The molecule has 3 aromatic rings. The largest absolute Gasteiger partial charge is 0.495 e. The predicted octanol–water partition coefficient (Wildman–Crippen LogP) is 4.25. The number of anilines is 1. The number of ketones is 1. The van der Waals surface area contributed by atoms with Crippen LogP contribution in [0.5, 0.6) is 5.75 Å². The lowest BCUT2D eigenvalue weighted by Crippen LogP contribution is -2.24. The molecule has 1 aliphatic heterocycles. The normalized spacial score (nSPS) is 16.0. The number of carbonyl (C=O) groups excluding carboxylic acids is 1. The Morgan fingerprint density at radius 3 is 2.57 bits per heavy atom. The van der Waals surface area contributed by atoms with Gasteiger partial charge >= 0.3 is 0 Å². The minimum Gasteiger partial charge on any atom is -0.495 e. The molecule has 0 atom stereocenters. The van der Waals surface area contributed by atoms with Gasteiger partial charge in [-0.1, -0.05) is 55.9 Å². The number of likely N-dealkylation sites (N-methyl/N-ethyl adjacent to an activating group) is 1. The number of aromatic nitrogens is 3. The van der Waals surface area contributed by atoms with Crippen LogP contribution in [0.1, 0.15) is 19.4 Å². The molecule has 0 unspecified atom stereocenters. The van der Waals surface area contributed by atoms with Crippen LogP contribution in [0.4, 0.5) is 5.69 Å². The van der Waals surface area contributed by atoms with Crippen molar-refractivity contribution in [1.82, 2.24) is 14.8 Å². The van der Waals surface area contributed by atoms with Crippen molar-refractivity contribution >= 4 is 23.2 Å². The number of fused-ring (bicyclic) bond motifs is 1. The van der Waals surface area contributed by atoms with Crippen LogP contribution in [0.25, 0.3) is 5.69 Å². The average Bonchev–Trinajstić information content (AvgIpc) is 3.30. The first-order valence-electron chi connectivity index (χ1n) is 9.68. The molecule has 0 N–H and O–H groups in total. The quantitative estimate of drug-likeness (QED) is 0.439. The van der Waals surface area contributed by atoms with Gasteiger partial charge in [-0.15, -0.1) is 10.2 Å². The van der Waals surface area contributed by atoms with E-state index in [1.54, 1.807) is 19.5 Å². The number of benzene rings is 2. The van der Waals surface area contributed by atoms with Gasteiger partial charge < -0.3 is 9.64 Å². The minimum atomic E-state index is -0.219. The van der Waals surface area contributed by atoms with Gasteiger partial charge in [-0.05, 0) is 23.8 Å². The molecule has 0 aliphatic carbocycles. The Kier molecular flexibility index (Phi) is 5.39. The number of ether oxygens (including phenoxy) is 1. The number of hydrogen-bond acceptors (Lipinski definition) is 6. The van der Waals surface area contributed by atoms with E-state index in [0.717, 1.165) is 22.8 Å². The summed E-state index contributed by atoms with van der Waals surface area (Å²) in [6.07, 6.45) is 3.39. The second kappa shape index (κ2) is 7.99. The Labute approximate surface area is 180 Å².